The summed E-state index contributed by atoms with van der Waals surface area (Å²) in [6, 6.07) is 4.15. The van der Waals surface area contributed by atoms with E-state index in [1.54, 1.807) is 0 Å². The summed E-state index contributed by atoms with van der Waals surface area (Å²) >= 11 is 3.55. The highest BCUT2D eigenvalue weighted by atomic mass is 79.9. The molecule has 0 spiro atoms. The van der Waals surface area contributed by atoms with Crippen LogP contribution < -0.4 is 10.5 Å². The Hall–Kier alpha value is -0.620. The second-order valence-corrected chi connectivity index (χ2v) is 5.92. The third-order valence-electron chi connectivity index (χ3n) is 3.60. The van der Waals surface area contributed by atoms with E-state index in [0.717, 1.165) is 35.2 Å². The van der Waals surface area contributed by atoms with E-state index in [0.29, 0.717) is 19.8 Å². The number of fused-ring (bicyclic) bond motifs is 1. The van der Waals surface area contributed by atoms with Gasteiger partial charge in [-0.3, -0.25) is 0 Å². The van der Waals surface area contributed by atoms with E-state index in [1.807, 2.05) is 0 Å². The molecular formula is C14H18BrNO3. The van der Waals surface area contributed by atoms with Crippen molar-refractivity contribution in [3.8, 4) is 5.75 Å². The van der Waals surface area contributed by atoms with Crippen LogP contribution in [0.2, 0.25) is 0 Å². The first-order valence-electron chi connectivity index (χ1n) is 6.63. The number of rotatable bonds is 3. The summed E-state index contributed by atoms with van der Waals surface area (Å²) in [5.41, 5.74) is 8.67. The number of nitrogens with two attached hydrogens (primary N) is 1. The quantitative estimate of drug-likeness (QED) is 0.917. The number of hydrogen-bond acceptors (Lipinski definition) is 4. The van der Waals surface area contributed by atoms with Crippen molar-refractivity contribution >= 4 is 15.9 Å². The number of ether oxygens (including phenoxy) is 3. The van der Waals surface area contributed by atoms with Crippen LogP contribution in [0.4, 0.5) is 0 Å². The minimum atomic E-state index is -0.0668. The van der Waals surface area contributed by atoms with Crippen molar-refractivity contribution in [2.45, 2.75) is 25.0 Å². The molecule has 2 aliphatic heterocycles. The molecule has 2 unspecified atom stereocenters. The molecule has 2 aliphatic rings. The van der Waals surface area contributed by atoms with Crippen LogP contribution in [0.15, 0.2) is 16.6 Å². The summed E-state index contributed by atoms with van der Waals surface area (Å²) < 4.78 is 17.9. The lowest BCUT2D eigenvalue weighted by atomic mass is 9.99. The average molecular weight is 328 g/mol. The zero-order chi connectivity index (χ0) is 13.2. The van der Waals surface area contributed by atoms with E-state index in [2.05, 4.69) is 28.1 Å². The highest BCUT2D eigenvalue weighted by molar-refractivity contribution is 9.10. The van der Waals surface area contributed by atoms with Gasteiger partial charge in [-0.2, -0.15) is 0 Å². The zero-order valence-electron chi connectivity index (χ0n) is 10.7. The lowest BCUT2D eigenvalue weighted by Gasteiger charge is -2.28. The van der Waals surface area contributed by atoms with Crippen LogP contribution in [0.5, 0.6) is 5.75 Å². The second kappa shape index (κ2) is 5.79. The molecule has 3 rings (SSSR count). The molecule has 4 nitrogen and oxygen atoms in total. The van der Waals surface area contributed by atoms with Crippen molar-refractivity contribution in [2.75, 3.05) is 26.4 Å². The lowest BCUT2D eigenvalue weighted by Crippen LogP contribution is -2.44. The van der Waals surface area contributed by atoms with Crippen molar-refractivity contribution in [2.24, 2.45) is 5.73 Å². The highest BCUT2D eigenvalue weighted by Crippen LogP contribution is 2.33. The maximum absolute atomic E-state index is 6.25. The predicted octanol–water partition coefficient (Wildman–Crippen LogP) is 1.67. The topological polar surface area (TPSA) is 53.7 Å². The van der Waals surface area contributed by atoms with E-state index in [-0.39, 0.29) is 12.1 Å². The molecule has 0 bridgehead atoms. The SMILES string of the molecule is NC(Cc1cc(Br)cc2c1OCC2)C1COCCO1. The molecule has 5 heteroatoms. The Bertz CT molecular complexity index is 460. The second-order valence-electron chi connectivity index (χ2n) is 5.00. The minimum Gasteiger partial charge on any atom is -0.493 e. The lowest BCUT2D eigenvalue weighted by molar-refractivity contribution is -0.0967. The number of halogens is 1. The minimum absolute atomic E-state index is 0.0233. The smallest absolute Gasteiger partial charge is 0.125 e. The van der Waals surface area contributed by atoms with Crippen molar-refractivity contribution < 1.29 is 14.2 Å². The summed E-state index contributed by atoms with van der Waals surface area (Å²) in [5, 5.41) is 0. The van der Waals surface area contributed by atoms with Gasteiger partial charge in [-0.15, -0.1) is 0 Å². The van der Waals surface area contributed by atoms with Crippen molar-refractivity contribution in [3.63, 3.8) is 0 Å². The van der Waals surface area contributed by atoms with E-state index in [4.69, 9.17) is 19.9 Å². The van der Waals surface area contributed by atoms with E-state index < -0.39 is 0 Å². The fourth-order valence-corrected chi connectivity index (χ4v) is 3.19. The molecule has 1 aromatic rings. The Morgan fingerprint density at radius 1 is 1.32 bits per heavy atom. The fourth-order valence-electron chi connectivity index (χ4n) is 2.64. The van der Waals surface area contributed by atoms with Gasteiger partial charge in [0.05, 0.1) is 32.5 Å². The molecule has 1 fully saturated rings. The van der Waals surface area contributed by atoms with Crippen LogP contribution in [0.3, 0.4) is 0 Å². The van der Waals surface area contributed by atoms with E-state index in [1.165, 1.54) is 5.56 Å². The average Bonchev–Trinajstić information content (AvgIpc) is 2.88. The van der Waals surface area contributed by atoms with E-state index in [9.17, 15) is 0 Å². The van der Waals surface area contributed by atoms with Crippen molar-refractivity contribution in [3.05, 3.63) is 27.7 Å². The molecule has 0 aromatic heterocycles. The molecule has 0 aliphatic carbocycles. The monoisotopic (exact) mass is 327 g/mol. The van der Waals surface area contributed by atoms with Gasteiger partial charge in [0.15, 0.2) is 0 Å². The third-order valence-corrected chi connectivity index (χ3v) is 4.06. The molecular weight excluding hydrogens is 310 g/mol. The van der Waals surface area contributed by atoms with Crippen LogP contribution in [0, 0.1) is 0 Å². The zero-order valence-corrected chi connectivity index (χ0v) is 12.3. The molecule has 2 atom stereocenters. The summed E-state index contributed by atoms with van der Waals surface area (Å²) in [4.78, 5) is 0. The Morgan fingerprint density at radius 2 is 2.21 bits per heavy atom. The van der Waals surface area contributed by atoms with Crippen LogP contribution in [0.25, 0.3) is 0 Å². The Morgan fingerprint density at radius 3 is 3.00 bits per heavy atom. The van der Waals surface area contributed by atoms with Gasteiger partial charge in [-0.25, -0.2) is 0 Å². The molecule has 2 heterocycles. The van der Waals surface area contributed by atoms with Crippen molar-refractivity contribution in [1.29, 1.82) is 0 Å². The normalized spacial score (nSPS) is 23.8. The predicted molar refractivity (Wildman–Crippen MR) is 75.6 cm³/mol. The largest absolute Gasteiger partial charge is 0.493 e. The first-order chi connectivity index (χ1) is 9.24. The Balaban J connectivity index is 1.75. The van der Waals surface area contributed by atoms with E-state index >= 15 is 0 Å². The van der Waals surface area contributed by atoms with Gasteiger partial charge in [0.1, 0.15) is 5.75 Å². The van der Waals surface area contributed by atoms with Crippen LogP contribution in [0.1, 0.15) is 11.1 Å². The van der Waals surface area contributed by atoms with Crippen molar-refractivity contribution in [1.82, 2.24) is 0 Å². The van der Waals surface area contributed by atoms with Gasteiger partial charge in [0.25, 0.3) is 0 Å². The van der Waals surface area contributed by atoms with Gasteiger partial charge < -0.3 is 19.9 Å². The standard InChI is InChI=1S/C14H18BrNO3/c15-11-5-9-1-2-19-14(9)10(6-11)7-12(16)13-8-17-3-4-18-13/h5-6,12-13H,1-4,7-8,16H2. The third kappa shape index (κ3) is 2.94. The maximum atomic E-state index is 6.25. The van der Waals surface area contributed by atoms with Gasteiger partial charge in [0, 0.05) is 16.9 Å². The molecule has 0 saturated carbocycles. The maximum Gasteiger partial charge on any atom is 0.125 e. The molecule has 0 radical (unpaired) electrons. The molecule has 19 heavy (non-hydrogen) atoms. The molecule has 2 N–H and O–H groups in total. The van der Waals surface area contributed by atoms with Gasteiger partial charge >= 0.3 is 0 Å². The van der Waals surface area contributed by atoms with Gasteiger partial charge in [-0.05, 0) is 29.7 Å². The first-order valence-corrected chi connectivity index (χ1v) is 7.42. The summed E-state index contributed by atoms with van der Waals surface area (Å²) in [6.45, 7) is 2.64. The van der Waals surface area contributed by atoms with Crippen LogP contribution in [-0.2, 0) is 22.3 Å². The summed E-state index contributed by atoms with van der Waals surface area (Å²) in [5.74, 6) is 1.01. The molecule has 1 saturated heterocycles. The molecule has 104 valence electrons. The Kier molecular flexibility index (Phi) is 4.07. The fraction of sp³-hybridized carbons (Fsp3) is 0.571. The summed E-state index contributed by atoms with van der Waals surface area (Å²) in [7, 11) is 0. The van der Waals surface area contributed by atoms with Crippen LogP contribution in [-0.4, -0.2) is 38.6 Å². The Labute approximate surface area is 121 Å². The summed E-state index contributed by atoms with van der Waals surface area (Å²) in [6.07, 6.45) is 1.69. The highest BCUT2D eigenvalue weighted by Gasteiger charge is 2.25. The van der Waals surface area contributed by atoms with Gasteiger partial charge in [0.2, 0.25) is 0 Å². The molecule has 1 aromatic carbocycles. The van der Waals surface area contributed by atoms with Gasteiger partial charge in [-0.1, -0.05) is 15.9 Å². The van der Waals surface area contributed by atoms with Crippen LogP contribution >= 0.6 is 15.9 Å². The first kappa shape index (κ1) is 13.4. The number of hydrogen-bond donors (Lipinski definition) is 1. The molecule has 0 amide bonds. The number of benzene rings is 1.